The summed E-state index contributed by atoms with van der Waals surface area (Å²) in [6.45, 7) is 4.00. The number of methoxy groups -OCH3 is 1. The van der Waals surface area contributed by atoms with Gasteiger partial charge in [-0.2, -0.15) is 0 Å². The van der Waals surface area contributed by atoms with Crippen LogP contribution in [0.15, 0.2) is 0 Å². The molecule has 0 aromatic rings. The van der Waals surface area contributed by atoms with Gasteiger partial charge in [0.05, 0.1) is 6.10 Å². The molecular weight excluding hydrogens is 152 g/mol. The van der Waals surface area contributed by atoms with E-state index < -0.39 is 0 Å². The van der Waals surface area contributed by atoms with Crippen LogP contribution in [0.3, 0.4) is 0 Å². The summed E-state index contributed by atoms with van der Waals surface area (Å²) < 4.78 is 5.17. The second-order valence-corrected chi connectivity index (χ2v) is 2.91. The molecule has 0 saturated heterocycles. The first-order valence-electron chi connectivity index (χ1n) is 4.85. The highest BCUT2D eigenvalue weighted by Crippen LogP contribution is 2.23. The van der Waals surface area contributed by atoms with E-state index in [2.05, 4.69) is 0 Å². The van der Waals surface area contributed by atoms with Crippen LogP contribution in [0.5, 0.6) is 0 Å². The predicted octanol–water partition coefficient (Wildman–Crippen LogP) is 2.42. The van der Waals surface area contributed by atoms with Crippen molar-refractivity contribution < 1.29 is 9.53 Å². The summed E-state index contributed by atoms with van der Waals surface area (Å²) in [6.07, 6.45) is 5.63. The van der Waals surface area contributed by atoms with Crippen molar-refractivity contribution in [3.05, 3.63) is 0 Å². The van der Waals surface area contributed by atoms with Crippen LogP contribution in [0.1, 0.15) is 39.5 Å². The van der Waals surface area contributed by atoms with Gasteiger partial charge in [0.15, 0.2) is 0 Å². The van der Waals surface area contributed by atoms with Crippen LogP contribution in [-0.4, -0.2) is 19.5 Å². The Morgan fingerprint density at radius 2 is 1.67 bits per heavy atom. The van der Waals surface area contributed by atoms with Gasteiger partial charge in [-0.3, -0.25) is 0 Å². The third kappa shape index (κ3) is 3.86. The fraction of sp³-hybridized carbons (Fsp3) is 0.900. The van der Waals surface area contributed by atoms with Crippen molar-refractivity contribution >= 4 is 6.29 Å². The van der Waals surface area contributed by atoms with Crippen molar-refractivity contribution in [2.24, 2.45) is 5.92 Å². The predicted molar refractivity (Wildman–Crippen MR) is 50.2 cm³/mol. The maximum Gasteiger partial charge on any atom is 0.123 e. The van der Waals surface area contributed by atoms with E-state index in [4.69, 9.17) is 4.74 Å². The highest BCUT2D eigenvalue weighted by Gasteiger charge is 2.19. The third-order valence-corrected chi connectivity index (χ3v) is 2.24. The highest BCUT2D eigenvalue weighted by atomic mass is 16.5. The molecule has 0 heterocycles. The molecule has 0 amide bonds. The van der Waals surface area contributed by atoms with Crippen molar-refractivity contribution in [1.29, 1.82) is 0 Å². The zero-order chi connectivity index (χ0) is 9.40. The number of carbonyl (C=O) groups is 1. The molecule has 0 atom stereocenters. The fourth-order valence-electron chi connectivity index (χ4n) is 1.46. The Balaban J connectivity index is 0.000000561. The molecule has 1 fully saturated rings. The first kappa shape index (κ1) is 11.6. The lowest BCUT2D eigenvalue weighted by Crippen LogP contribution is -2.20. The summed E-state index contributed by atoms with van der Waals surface area (Å²) in [7, 11) is 1.74. The van der Waals surface area contributed by atoms with Crippen LogP contribution in [0.4, 0.5) is 0 Å². The maximum absolute atomic E-state index is 10.3. The minimum atomic E-state index is 0.311. The van der Waals surface area contributed by atoms with Crippen LogP contribution in [0.2, 0.25) is 0 Å². The molecule has 1 aliphatic carbocycles. The van der Waals surface area contributed by atoms with Crippen LogP contribution in [0, 0.1) is 5.92 Å². The molecule has 0 aromatic heterocycles. The molecular formula is C10H20O2. The first-order valence-corrected chi connectivity index (χ1v) is 4.85. The summed E-state index contributed by atoms with van der Waals surface area (Å²) >= 11 is 0. The van der Waals surface area contributed by atoms with Gasteiger partial charge < -0.3 is 9.53 Å². The normalized spacial score (nSPS) is 28.6. The van der Waals surface area contributed by atoms with E-state index >= 15 is 0 Å². The zero-order valence-corrected chi connectivity index (χ0v) is 8.38. The topological polar surface area (TPSA) is 26.3 Å². The zero-order valence-electron chi connectivity index (χ0n) is 8.38. The monoisotopic (exact) mass is 172 g/mol. The van der Waals surface area contributed by atoms with E-state index in [-0.39, 0.29) is 0 Å². The number of rotatable bonds is 2. The minimum absolute atomic E-state index is 0.311. The lowest BCUT2D eigenvalue weighted by atomic mass is 9.88. The molecule has 0 N–H and O–H groups in total. The van der Waals surface area contributed by atoms with E-state index in [9.17, 15) is 4.79 Å². The average Bonchev–Trinajstić information content (AvgIpc) is 2.21. The summed E-state index contributed by atoms with van der Waals surface area (Å²) in [6, 6.07) is 0. The quantitative estimate of drug-likeness (QED) is 0.598. The largest absolute Gasteiger partial charge is 0.381 e. The van der Waals surface area contributed by atoms with Crippen molar-refractivity contribution in [1.82, 2.24) is 0 Å². The van der Waals surface area contributed by atoms with Gasteiger partial charge in [-0.15, -0.1) is 0 Å². The molecule has 0 bridgehead atoms. The Hall–Kier alpha value is -0.370. The average molecular weight is 172 g/mol. The van der Waals surface area contributed by atoms with Gasteiger partial charge in [0.1, 0.15) is 6.29 Å². The van der Waals surface area contributed by atoms with E-state index in [1.807, 2.05) is 13.8 Å². The Bertz CT molecular complexity index is 104. The number of ether oxygens (including phenoxy) is 1. The number of aldehydes is 1. The van der Waals surface area contributed by atoms with Crippen molar-refractivity contribution in [2.45, 2.75) is 45.6 Å². The highest BCUT2D eigenvalue weighted by molar-refractivity contribution is 5.53. The summed E-state index contributed by atoms with van der Waals surface area (Å²) in [5, 5.41) is 0. The van der Waals surface area contributed by atoms with Crippen molar-refractivity contribution in [2.75, 3.05) is 7.11 Å². The molecule has 12 heavy (non-hydrogen) atoms. The molecule has 72 valence electrons. The van der Waals surface area contributed by atoms with Crippen molar-refractivity contribution in [3.63, 3.8) is 0 Å². The molecule has 1 rings (SSSR count). The van der Waals surface area contributed by atoms with Gasteiger partial charge in [0, 0.05) is 13.0 Å². The molecule has 1 saturated carbocycles. The van der Waals surface area contributed by atoms with E-state index in [0.29, 0.717) is 12.0 Å². The lowest BCUT2D eigenvalue weighted by Gasteiger charge is -2.23. The Labute approximate surface area is 75.3 Å². The number of hydrogen-bond donors (Lipinski definition) is 0. The standard InChI is InChI=1S/C8H14O2.C2H6/c1-10-8-4-2-7(6-9)3-5-8;1-2/h6-8H,2-5H2,1H3;1-2H3. The van der Waals surface area contributed by atoms with Gasteiger partial charge in [-0.25, -0.2) is 0 Å². The van der Waals surface area contributed by atoms with Gasteiger partial charge in [-0.1, -0.05) is 13.8 Å². The molecule has 0 radical (unpaired) electrons. The lowest BCUT2D eigenvalue weighted by molar-refractivity contribution is -0.112. The van der Waals surface area contributed by atoms with E-state index in [1.165, 1.54) is 0 Å². The molecule has 0 aliphatic heterocycles. The summed E-state index contributed by atoms with van der Waals surface area (Å²) in [4.78, 5) is 10.3. The first-order chi connectivity index (χ1) is 5.86. The van der Waals surface area contributed by atoms with Gasteiger partial charge in [-0.05, 0) is 25.7 Å². The summed E-state index contributed by atoms with van der Waals surface area (Å²) in [5.74, 6) is 0.311. The minimum Gasteiger partial charge on any atom is -0.381 e. The SMILES string of the molecule is CC.COC1CCC(C=O)CC1. The third-order valence-electron chi connectivity index (χ3n) is 2.24. The molecule has 0 unspecified atom stereocenters. The number of hydrogen-bond acceptors (Lipinski definition) is 2. The molecule has 2 nitrogen and oxygen atoms in total. The maximum atomic E-state index is 10.3. The van der Waals surface area contributed by atoms with Gasteiger partial charge in [0.25, 0.3) is 0 Å². The second-order valence-electron chi connectivity index (χ2n) is 2.91. The molecule has 1 aliphatic rings. The van der Waals surface area contributed by atoms with Gasteiger partial charge >= 0.3 is 0 Å². The Morgan fingerprint density at radius 3 is 2.00 bits per heavy atom. The Morgan fingerprint density at radius 1 is 1.17 bits per heavy atom. The summed E-state index contributed by atoms with van der Waals surface area (Å²) in [5.41, 5.74) is 0. The van der Waals surface area contributed by atoms with Crippen LogP contribution in [-0.2, 0) is 9.53 Å². The van der Waals surface area contributed by atoms with Gasteiger partial charge in [0.2, 0.25) is 0 Å². The van der Waals surface area contributed by atoms with Crippen LogP contribution >= 0.6 is 0 Å². The smallest absolute Gasteiger partial charge is 0.123 e. The molecule has 0 aromatic carbocycles. The van der Waals surface area contributed by atoms with Crippen molar-refractivity contribution in [3.8, 4) is 0 Å². The Kier molecular flexibility index (Phi) is 7.06. The van der Waals surface area contributed by atoms with Crippen LogP contribution in [0.25, 0.3) is 0 Å². The number of carbonyl (C=O) groups excluding carboxylic acids is 1. The molecule has 2 heteroatoms. The second kappa shape index (κ2) is 7.29. The van der Waals surface area contributed by atoms with Crippen LogP contribution < -0.4 is 0 Å². The van der Waals surface area contributed by atoms with E-state index in [0.717, 1.165) is 32.0 Å². The van der Waals surface area contributed by atoms with E-state index in [1.54, 1.807) is 7.11 Å². The molecule has 0 spiro atoms. The fourth-order valence-corrected chi connectivity index (χ4v) is 1.46.